The Labute approximate surface area is 110 Å². The molecule has 0 aromatic carbocycles. The molecule has 100 valence electrons. The molecule has 2 N–H and O–H groups in total. The zero-order chi connectivity index (χ0) is 13.0. The van der Waals surface area contributed by atoms with Crippen molar-refractivity contribution in [3.63, 3.8) is 0 Å². The highest BCUT2D eigenvalue weighted by molar-refractivity contribution is 7.15. The summed E-state index contributed by atoms with van der Waals surface area (Å²) in [6.45, 7) is 3.95. The summed E-state index contributed by atoms with van der Waals surface area (Å²) in [6.07, 6.45) is 2.34. The number of aromatic nitrogens is 2. The lowest BCUT2D eigenvalue weighted by molar-refractivity contribution is 0.0594. The molecule has 6 heteroatoms. The van der Waals surface area contributed by atoms with E-state index in [-0.39, 0.29) is 0 Å². The molecule has 0 radical (unpaired) electrons. The third-order valence-corrected chi connectivity index (χ3v) is 3.62. The van der Waals surface area contributed by atoms with E-state index in [1.165, 1.54) is 5.69 Å². The zero-order valence-corrected chi connectivity index (χ0v) is 11.5. The van der Waals surface area contributed by atoms with Crippen LogP contribution in [0.25, 0.3) is 4.96 Å². The normalized spacial score (nSPS) is 13.3. The number of fused-ring (bicyclic) bond motifs is 1. The van der Waals surface area contributed by atoms with Crippen LogP contribution >= 0.6 is 11.3 Å². The first kappa shape index (κ1) is 13.5. The second kappa shape index (κ2) is 6.29. The van der Waals surface area contributed by atoms with Crippen LogP contribution < -0.4 is 5.32 Å². The maximum absolute atomic E-state index is 9.52. The van der Waals surface area contributed by atoms with Gasteiger partial charge in [-0.05, 0) is 19.9 Å². The van der Waals surface area contributed by atoms with Crippen LogP contribution in [-0.4, -0.2) is 40.9 Å². The summed E-state index contributed by atoms with van der Waals surface area (Å²) in [5, 5.41) is 14.9. The minimum Gasteiger partial charge on any atom is -0.391 e. The van der Waals surface area contributed by atoms with Crippen LogP contribution in [0.2, 0.25) is 0 Å². The van der Waals surface area contributed by atoms with Crippen molar-refractivity contribution in [2.24, 2.45) is 0 Å². The van der Waals surface area contributed by atoms with Crippen molar-refractivity contribution >= 4 is 16.3 Å². The summed E-state index contributed by atoms with van der Waals surface area (Å²) in [4.78, 5) is 5.52. The number of aryl methyl sites for hydroxylation is 1. The summed E-state index contributed by atoms with van der Waals surface area (Å²) in [5.74, 6) is 0. The number of hydrogen-bond acceptors (Lipinski definition) is 5. The minimum atomic E-state index is -0.393. The van der Waals surface area contributed by atoms with Gasteiger partial charge in [-0.15, -0.1) is 11.3 Å². The Hall–Kier alpha value is -0.950. The number of imidazole rings is 1. The molecule has 2 aromatic heterocycles. The van der Waals surface area contributed by atoms with E-state index in [0.717, 1.165) is 23.7 Å². The number of thiazole rings is 1. The molecule has 0 saturated heterocycles. The fourth-order valence-electron chi connectivity index (χ4n) is 1.90. The number of ether oxygens (including phenoxy) is 1. The summed E-state index contributed by atoms with van der Waals surface area (Å²) >= 11 is 1.64. The molecule has 0 aliphatic rings. The highest BCUT2D eigenvalue weighted by Gasteiger charge is 2.09. The van der Waals surface area contributed by atoms with Crippen molar-refractivity contribution in [1.29, 1.82) is 0 Å². The van der Waals surface area contributed by atoms with Crippen molar-refractivity contribution in [3.8, 4) is 0 Å². The van der Waals surface area contributed by atoms with E-state index >= 15 is 0 Å². The molecule has 0 bridgehead atoms. The smallest absolute Gasteiger partial charge is 0.194 e. The average Bonchev–Trinajstić information content (AvgIpc) is 2.87. The van der Waals surface area contributed by atoms with Crippen LogP contribution in [-0.2, 0) is 11.3 Å². The maximum Gasteiger partial charge on any atom is 0.194 e. The van der Waals surface area contributed by atoms with Crippen molar-refractivity contribution in [2.45, 2.75) is 26.0 Å². The van der Waals surface area contributed by atoms with Gasteiger partial charge in [0, 0.05) is 25.2 Å². The monoisotopic (exact) mass is 269 g/mol. The largest absolute Gasteiger partial charge is 0.391 e. The Balaban J connectivity index is 1.83. The maximum atomic E-state index is 9.52. The summed E-state index contributed by atoms with van der Waals surface area (Å²) < 4.78 is 6.99. The van der Waals surface area contributed by atoms with E-state index in [0.29, 0.717) is 13.0 Å². The number of nitrogens with zero attached hydrogens (tertiary/aromatic N) is 2. The third-order valence-electron chi connectivity index (χ3n) is 2.87. The van der Waals surface area contributed by atoms with Gasteiger partial charge in [0.05, 0.1) is 24.1 Å². The Bertz CT molecular complexity index is 494. The molecule has 18 heavy (non-hydrogen) atoms. The molecule has 5 nitrogen and oxygen atoms in total. The molecule has 0 saturated carbocycles. The molecular formula is C12H19N3O2S. The number of nitrogens with one attached hydrogen (secondary N) is 1. The molecule has 0 spiro atoms. The van der Waals surface area contributed by atoms with Crippen LogP contribution in [0.15, 0.2) is 11.6 Å². The Kier molecular flexibility index (Phi) is 4.71. The van der Waals surface area contributed by atoms with Crippen LogP contribution in [0.4, 0.5) is 0 Å². The molecule has 1 unspecified atom stereocenters. The van der Waals surface area contributed by atoms with Gasteiger partial charge in [-0.25, -0.2) is 4.98 Å². The van der Waals surface area contributed by atoms with Crippen molar-refractivity contribution in [1.82, 2.24) is 14.7 Å². The zero-order valence-electron chi connectivity index (χ0n) is 10.7. The van der Waals surface area contributed by atoms with Crippen molar-refractivity contribution in [2.75, 3.05) is 20.3 Å². The lowest BCUT2D eigenvalue weighted by atomic mass is 10.2. The first-order chi connectivity index (χ1) is 8.72. The Morgan fingerprint density at radius 2 is 2.44 bits per heavy atom. The lowest BCUT2D eigenvalue weighted by Gasteiger charge is -2.10. The molecule has 1 atom stereocenters. The van der Waals surface area contributed by atoms with Crippen LogP contribution in [0.1, 0.15) is 17.8 Å². The van der Waals surface area contributed by atoms with E-state index in [1.54, 1.807) is 18.4 Å². The molecule has 2 aromatic rings. The molecule has 0 aliphatic carbocycles. The second-order valence-electron chi connectivity index (χ2n) is 4.27. The van der Waals surface area contributed by atoms with Gasteiger partial charge in [0.2, 0.25) is 0 Å². The predicted molar refractivity (Wildman–Crippen MR) is 72.0 cm³/mol. The fraction of sp³-hybridized carbons (Fsp3) is 0.583. The fourth-order valence-corrected chi connectivity index (χ4v) is 2.68. The molecule has 2 rings (SSSR count). The predicted octanol–water partition coefficient (Wildman–Crippen LogP) is 1.19. The number of aliphatic hydroxyl groups is 1. The van der Waals surface area contributed by atoms with Gasteiger partial charge in [-0.1, -0.05) is 0 Å². The minimum absolute atomic E-state index is 0.391. The second-order valence-corrected chi connectivity index (χ2v) is 5.15. The van der Waals surface area contributed by atoms with E-state index in [1.807, 2.05) is 18.5 Å². The number of methoxy groups -OCH3 is 1. The summed E-state index contributed by atoms with van der Waals surface area (Å²) in [7, 11) is 1.60. The lowest BCUT2D eigenvalue weighted by Crippen LogP contribution is -2.23. The first-order valence-corrected chi connectivity index (χ1v) is 6.89. The molecule has 0 aliphatic heterocycles. The van der Waals surface area contributed by atoms with Crippen molar-refractivity contribution < 1.29 is 9.84 Å². The number of aliphatic hydroxyl groups excluding tert-OH is 1. The molecular weight excluding hydrogens is 250 g/mol. The van der Waals surface area contributed by atoms with Gasteiger partial charge in [0.1, 0.15) is 0 Å². The highest BCUT2D eigenvalue weighted by atomic mass is 32.1. The van der Waals surface area contributed by atoms with Gasteiger partial charge in [0.25, 0.3) is 0 Å². The SMILES string of the molecule is COCC(O)CCNCc1c(C)nc2sccn12. The van der Waals surface area contributed by atoms with Gasteiger partial charge in [-0.3, -0.25) is 4.40 Å². The number of rotatable bonds is 7. The quantitative estimate of drug-likeness (QED) is 0.741. The van der Waals surface area contributed by atoms with Gasteiger partial charge in [-0.2, -0.15) is 0 Å². The van der Waals surface area contributed by atoms with Crippen molar-refractivity contribution in [3.05, 3.63) is 23.0 Å². The Morgan fingerprint density at radius 3 is 3.22 bits per heavy atom. The van der Waals surface area contributed by atoms with E-state index < -0.39 is 6.10 Å². The van der Waals surface area contributed by atoms with E-state index in [4.69, 9.17) is 4.74 Å². The molecule has 2 heterocycles. The van der Waals surface area contributed by atoms with Crippen LogP contribution in [0.5, 0.6) is 0 Å². The van der Waals surface area contributed by atoms with Gasteiger partial charge < -0.3 is 15.2 Å². The molecule has 0 fully saturated rings. The third kappa shape index (κ3) is 3.08. The molecule has 0 amide bonds. The van der Waals surface area contributed by atoms with Gasteiger partial charge >= 0.3 is 0 Å². The highest BCUT2D eigenvalue weighted by Crippen LogP contribution is 2.16. The Morgan fingerprint density at radius 1 is 1.61 bits per heavy atom. The van der Waals surface area contributed by atoms with Crippen LogP contribution in [0, 0.1) is 6.92 Å². The topological polar surface area (TPSA) is 58.8 Å². The number of hydrogen-bond donors (Lipinski definition) is 2. The van der Waals surface area contributed by atoms with Crippen LogP contribution in [0.3, 0.4) is 0 Å². The van der Waals surface area contributed by atoms with E-state index in [2.05, 4.69) is 14.7 Å². The average molecular weight is 269 g/mol. The van der Waals surface area contributed by atoms with E-state index in [9.17, 15) is 5.11 Å². The van der Waals surface area contributed by atoms with Gasteiger partial charge in [0.15, 0.2) is 4.96 Å². The first-order valence-electron chi connectivity index (χ1n) is 6.01. The standard InChI is InChI=1S/C12H19N3O2S/c1-9-11(15-5-6-18-12(15)14-9)7-13-4-3-10(16)8-17-2/h5-6,10,13,16H,3-4,7-8H2,1-2H3. The summed E-state index contributed by atoms with van der Waals surface area (Å²) in [6, 6.07) is 0. The summed E-state index contributed by atoms with van der Waals surface area (Å²) in [5.41, 5.74) is 2.25.